The molecule has 0 atom stereocenters. The number of aryl methyl sites for hydroxylation is 1. The molecule has 1 aliphatic rings. The molecule has 1 aliphatic carbocycles. The van der Waals surface area contributed by atoms with Crippen LogP contribution in [-0.2, 0) is 14.8 Å². The predicted octanol–water partition coefficient (Wildman–Crippen LogP) is 4.42. The highest BCUT2D eigenvalue weighted by molar-refractivity contribution is 7.91. The summed E-state index contributed by atoms with van der Waals surface area (Å²) < 4.78 is 33.8. The number of rotatable bonds is 7. The summed E-state index contributed by atoms with van der Waals surface area (Å²) in [5, 5.41) is 6.66. The number of carbonyl (C=O) groups excluding carboxylic acids is 1. The van der Waals surface area contributed by atoms with Gasteiger partial charge in [-0.25, -0.2) is 13.1 Å². The number of hydrogen-bond donors (Lipinski definition) is 2. The molecule has 0 aliphatic heterocycles. The van der Waals surface area contributed by atoms with Crippen molar-refractivity contribution in [3.05, 3.63) is 28.5 Å². The van der Waals surface area contributed by atoms with Gasteiger partial charge in [-0.1, -0.05) is 19.0 Å². The average Bonchev–Trinajstić information content (AvgIpc) is 3.30. The normalized spacial score (nSPS) is 20.2. The number of aromatic nitrogens is 1. The van der Waals surface area contributed by atoms with Crippen LogP contribution < -0.4 is 10.0 Å². The molecule has 7 nitrogen and oxygen atoms in total. The molecule has 1 amide bonds. The van der Waals surface area contributed by atoms with Crippen molar-refractivity contribution in [1.29, 1.82) is 0 Å². The van der Waals surface area contributed by atoms with Crippen molar-refractivity contribution in [2.24, 2.45) is 5.92 Å². The number of nitrogens with one attached hydrogen (secondary N) is 2. The molecular weight excluding hydrogens is 410 g/mol. The second-order valence-corrected chi connectivity index (χ2v) is 10.5. The monoisotopic (exact) mass is 437 g/mol. The summed E-state index contributed by atoms with van der Waals surface area (Å²) in [7, 11) is -3.52. The Morgan fingerprint density at radius 3 is 2.69 bits per heavy atom. The molecule has 29 heavy (non-hydrogen) atoms. The Kier molecular flexibility index (Phi) is 6.92. The Hall–Kier alpha value is -1.97. The minimum atomic E-state index is -3.52. The first-order valence-electron chi connectivity index (χ1n) is 9.85. The molecule has 0 spiro atoms. The lowest BCUT2D eigenvalue weighted by Gasteiger charge is -2.26. The fourth-order valence-electron chi connectivity index (χ4n) is 3.26. The maximum Gasteiger partial charge on any atom is 0.250 e. The first kappa shape index (κ1) is 21.7. The lowest BCUT2D eigenvalue weighted by molar-refractivity contribution is -0.115. The van der Waals surface area contributed by atoms with Crippen LogP contribution in [0.2, 0.25) is 0 Å². The molecule has 0 unspecified atom stereocenters. The third-order valence-electron chi connectivity index (χ3n) is 5.08. The van der Waals surface area contributed by atoms with Crippen molar-refractivity contribution < 1.29 is 17.7 Å². The van der Waals surface area contributed by atoms with E-state index in [2.05, 4.69) is 22.1 Å². The fourth-order valence-corrected chi connectivity index (χ4v) is 5.81. The second-order valence-electron chi connectivity index (χ2n) is 7.48. The molecule has 1 saturated carbocycles. The predicted molar refractivity (Wildman–Crippen MR) is 115 cm³/mol. The van der Waals surface area contributed by atoms with Crippen LogP contribution in [0.15, 0.2) is 20.9 Å². The van der Waals surface area contributed by atoms with E-state index in [0.717, 1.165) is 30.6 Å². The van der Waals surface area contributed by atoms with E-state index in [1.54, 1.807) is 38.1 Å². The maximum absolute atomic E-state index is 12.7. The van der Waals surface area contributed by atoms with Crippen LogP contribution in [-0.4, -0.2) is 25.5 Å². The molecule has 2 N–H and O–H groups in total. The van der Waals surface area contributed by atoms with Gasteiger partial charge in [-0.15, -0.1) is 11.3 Å². The largest absolute Gasteiger partial charge is 0.354 e. The van der Waals surface area contributed by atoms with Crippen molar-refractivity contribution in [3.63, 3.8) is 0 Å². The van der Waals surface area contributed by atoms with Crippen LogP contribution in [0.1, 0.15) is 62.3 Å². The number of amides is 1. The minimum absolute atomic E-state index is 0.0131. The molecule has 2 aromatic rings. The zero-order chi connectivity index (χ0) is 21.0. The number of anilines is 1. The van der Waals surface area contributed by atoms with Crippen molar-refractivity contribution in [2.75, 3.05) is 5.32 Å². The Balaban J connectivity index is 1.69. The Bertz CT molecular complexity index is 983. The van der Waals surface area contributed by atoms with Gasteiger partial charge in [0.05, 0.1) is 0 Å². The maximum atomic E-state index is 12.7. The topological polar surface area (TPSA) is 101 Å². The highest BCUT2D eigenvalue weighted by atomic mass is 32.2. The quantitative estimate of drug-likeness (QED) is 0.668. The van der Waals surface area contributed by atoms with E-state index in [1.165, 1.54) is 11.3 Å². The standard InChI is InChI=1S/C20H27N3O4S2/c1-4-18(24)21-20-14(3)22-27-17(20)11-9-16-10-12-19(28-16)29(25,26)23-15-7-5-13(2)6-8-15/h9-13,15,23H,4-8H2,1-3H3,(H,21,24)/b11-9+. The highest BCUT2D eigenvalue weighted by Gasteiger charge is 2.25. The van der Waals surface area contributed by atoms with Gasteiger partial charge in [0.1, 0.15) is 15.6 Å². The summed E-state index contributed by atoms with van der Waals surface area (Å²) in [6, 6.07) is 3.38. The molecule has 0 bridgehead atoms. The SMILES string of the molecule is CCC(=O)Nc1c(C)noc1/C=C/c1ccc(S(=O)(=O)NC2CCC(C)CC2)s1. The zero-order valence-corrected chi connectivity index (χ0v) is 18.5. The van der Waals surface area contributed by atoms with Gasteiger partial charge < -0.3 is 9.84 Å². The molecule has 2 heterocycles. The summed E-state index contributed by atoms with van der Waals surface area (Å²) in [5.41, 5.74) is 1.12. The van der Waals surface area contributed by atoms with Crippen LogP contribution in [0.4, 0.5) is 5.69 Å². The zero-order valence-electron chi connectivity index (χ0n) is 16.9. The van der Waals surface area contributed by atoms with Crippen LogP contribution in [0.25, 0.3) is 12.2 Å². The summed E-state index contributed by atoms with van der Waals surface area (Å²) in [5.74, 6) is 0.969. The lowest BCUT2D eigenvalue weighted by atomic mass is 9.88. The molecule has 2 aromatic heterocycles. The number of nitrogens with zero attached hydrogens (tertiary/aromatic N) is 1. The van der Waals surface area contributed by atoms with E-state index >= 15 is 0 Å². The highest BCUT2D eigenvalue weighted by Crippen LogP contribution is 2.28. The van der Waals surface area contributed by atoms with Gasteiger partial charge >= 0.3 is 0 Å². The number of hydrogen-bond acceptors (Lipinski definition) is 6. The Labute approximate surface area is 175 Å². The summed E-state index contributed by atoms with van der Waals surface area (Å²) in [4.78, 5) is 12.4. The molecule has 1 fully saturated rings. The second kappa shape index (κ2) is 9.23. The van der Waals surface area contributed by atoms with Gasteiger partial charge in [-0.2, -0.15) is 0 Å². The van der Waals surface area contributed by atoms with Crippen LogP contribution in [0.3, 0.4) is 0 Å². The average molecular weight is 438 g/mol. The van der Waals surface area contributed by atoms with Gasteiger partial charge in [-0.05, 0) is 62.8 Å². The van der Waals surface area contributed by atoms with Gasteiger partial charge in [-0.3, -0.25) is 4.79 Å². The van der Waals surface area contributed by atoms with E-state index in [9.17, 15) is 13.2 Å². The number of thiophene rings is 1. The third-order valence-corrected chi connectivity index (χ3v) is 8.14. The number of sulfonamides is 1. The minimum Gasteiger partial charge on any atom is -0.354 e. The smallest absolute Gasteiger partial charge is 0.250 e. The molecule has 3 rings (SSSR count). The summed E-state index contributed by atoms with van der Waals surface area (Å²) in [6.45, 7) is 5.72. The van der Waals surface area contributed by atoms with Crippen molar-refractivity contribution in [1.82, 2.24) is 9.88 Å². The van der Waals surface area contributed by atoms with Crippen LogP contribution in [0, 0.1) is 12.8 Å². The molecular formula is C20H27N3O4S2. The molecule has 0 radical (unpaired) electrons. The van der Waals surface area contributed by atoms with E-state index in [0.29, 0.717) is 33.7 Å². The molecule has 9 heteroatoms. The van der Waals surface area contributed by atoms with E-state index in [1.807, 2.05) is 0 Å². The first-order chi connectivity index (χ1) is 13.8. The Morgan fingerprint density at radius 2 is 2.00 bits per heavy atom. The van der Waals surface area contributed by atoms with Crippen LogP contribution in [0.5, 0.6) is 0 Å². The van der Waals surface area contributed by atoms with Crippen molar-refractivity contribution in [2.45, 2.75) is 63.1 Å². The lowest BCUT2D eigenvalue weighted by Crippen LogP contribution is -2.36. The van der Waals surface area contributed by atoms with E-state index in [-0.39, 0.29) is 11.9 Å². The van der Waals surface area contributed by atoms with Gasteiger partial charge in [0.25, 0.3) is 0 Å². The van der Waals surface area contributed by atoms with Gasteiger partial charge in [0.2, 0.25) is 15.9 Å². The van der Waals surface area contributed by atoms with E-state index in [4.69, 9.17) is 4.52 Å². The Morgan fingerprint density at radius 1 is 1.28 bits per heavy atom. The van der Waals surface area contributed by atoms with Crippen molar-refractivity contribution in [3.8, 4) is 0 Å². The van der Waals surface area contributed by atoms with Crippen molar-refractivity contribution >= 4 is 45.1 Å². The summed E-state index contributed by atoms with van der Waals surface area (Å²) in [6.07, 6.45) is 7.67. The molecule has 158 valence electrons. The molecule has 0 aromatic carbocycles. The fraction of sp³-hybridized carbons (Fsp3) is 0.500. The number of carbonyl (C=O) groups is 1. The van der Waals surface area contributed by atoms with E-state index < -0.39 is 10.0 Å². The third kappa shape index (κ3) is 5.55. The van der Waals surface area contributed by atoms with Crippen LogP contribution >= 0.6 is 11.3 Å². The summed E-state index contributed by atoms with van der Waals surface area (Å²) >= 11 is 1.19. The molecule has 0 saturated heterocycles. The van der Waals surface area contributed by atoms with Gasteiger partial charge in [0.15, 0.2) is 5.76 Å². The van der Waals surface area contributed by atoms with Gasteiger partial charge in [0, 0.05) is 17.3 Å². The first-order valence-corrected chi connectivity index (χ1v) is 12.1.